The van der Waals surface area contributed by atoms with Crippen molar-refractivity contribution in [2.75, 3.05) is 6.54 Å². The van der Waals surface area contributed by atoms with Crippen molar-refractivity contribution in [1.29, 1.82) is 0 Å². The summed E-state index contributed by atoms with van der Waals surface area (Å²) in [5, 5.41) is 7.38. The lowest BCUT2D eigenvalue weighted by Crippen LogP contribution is -2.27. The van der Waals surface area contributed by atoms with Crippen molar-refractivity contribution in [3.63, 3.8) is 0 Å². The smallest absolute Gasteiger partial charge is 0.220 e. The van der Waals surface area contributed by atoms with E-state index in [1.165, 1.54) is 12.1 Å². The van der Waals surface area contributed by atoms with Crippen LogP contribution in [0.1, 0.15) is 25.0 Å². The second-order valence-electron chi connectivity index (χ2n) is 5.80. The van der Waals surface area contributed by atoms with Gasteiger partial charge in [-0.25, -0.2) is 9.07 Å². The zero-order valence-corrected chi connectivity index (χ0v) is 12.9. The molecule has 5 heteroatoms. The molecule has 120 valence electrons. The first-order chi connectivity index (χ1) is 11.2. The van der Waals surface area contributed by atoms with E-state index < -0.39 is 0 Å². The van der Waals surface area contributed by atoms with Crippen molar-refractivity contribution in [1.82, 2.24) is 15.1 Å². The molecule has 4 nitrogen and oxygen atoms in total. The number of nitrogens with one attached hydrogen (secondary N) is 1. The van der Waals surface area contributed by atoms with E-state index in [-0.39, 0.29) is 11.7 Å². The third kappa shape index (κ3) is 4.28. The van der Waals surface area contributed by atoms with E-state index in [0.29, 0.717) is 25.3 Å². The molecule has 0 radical (unpaired) electrons. The highest BCUT2D eigenvalue weighted by Crippen LogP contribution is 2.19. The molecule has 0 saturated carbocycles. The van der Waals surface area contributed by atoms with E-state index in [1.54, 1.807) is 16.8 Å². The van der Waals surface area contributed by atoms with Crippen molar-refractivity contribution in [2.45, 2.75) is 25.7 Å². The van der Waals surface area contributed by atoms with Crippen molar-refractivity contribution < 1.29 is 9.18 Å². The minimum absolute atomic E-state index is 0.0968. The second kappa shape index (κ2) is 7.22. The van der Waals surface area contributed by atoms with E-state index in [1.807, 2.05) is 12.3 Å². The zero-order valence-electron chi connectivity index (χ0n) is 12.9. The van der Waals surface area contributed by atoms with Gasteiger partial charge >= 0.3 is 0 Å². The van der Waals surface area contributed by atoms with Gasteiger partial charge in [0.05, 0.1) is 11.4 Å². The third-order valence-corrected chi connectivity index (χ3v) is 4.00. The fraction of sp³-hybridized carbons (Fsp3) is 0.333. The number of allylic oxidation sites excluding steroid dienone is 2. The number of rotatable bonds is 6. The Morgan fingerprint density at radius 1 is 1.30 bits per heavy atom. The Bertz CT molecular complexity index is 691. The molecule has 3 rings (SSSR count). The minimum Gasteiger partial charge on any atom is -0.356 e. The second-order valence-corrected chi connectivity index (χ2v) is 5.80. The van der Waals surface area contributed by atoms with E-state index in [2.05, 4.69) is 22.6 Å². The van der Waals surface area contributed by atoms with Crippen LogP contribution in [0.25, 0.3) is 5.69 Å². The molecule has 1 amide bonds. The Morgan fingerprint density at radius 2 is 2.13 bits per heavy atom. The molecule has 1 aromatic carbocycles. The summed E-state index contributed by atoms with van der Waals surface area (Å²) in [7, 11) is 0. The molecule has 0 unspecified atom stereocenters. The van der Waals surface area contributed by atoms with Crippen molar-refractivity contribution >= 4 is 5.91 Å². The summed E-state index contributed by atoms with van der Waals surface area (Å²) in [5.41, 5.74) is 1.71. The van der Waals surface area contributed by atoms with Crippen molar-refractivity contribution in [2.24, 2.45) is 5.92 Å². The van der Waals surface area contributed by atoms with Crippen LogP contribution in [0.5, 0.6) is 0 Å². The normalized spacial score (nSPS) is 16.7. The van der Waals surface area contributed by atoms with Gasteiger partial charge < -0.3 is 5.32 Å². The van der Waals surface area contributed by atoms with Crippen LogP contribution in [0.2, 0.25) is 0 Å². The summed E-state index contributed by atoms with van der Waals surface area (Å²) >= 11 is 0. The van der Waals surface area contributed by atoms with Crippen LogP contribution in [0, 0.1) is 11.7 Å². The maximum absolute atomic E-state index is 12.9. The number of aromatic nitrogens is 2. The van der Waals surface area contributed by atoms with Crippen molar-refractivity contribution in [3.8, 4) is 5.69 Å². The van der Waals surface area contributed by atoms with E-state index in [9.17, 15) is 9.18 Å². The van der Waals surface area contributed by atoms with Gasteiger partial charge in [-0.2, -0.15) is 5.10 Å². The Labute approximate surface area is 135 Å². The number of hydrogen-bond acceptors (Lipinski definition) is 2. The highest BCUT2D eigenvalue weighted by atomic mass is 19.1. The van der Waals surface area contributed by atoms with Gasteiger partial charge in [0.25, 0.3) is 0 Å². The lowest BCUT2D eigenvalue weighted by atomic mass is 10.1. The summed E-state index contributed by atoms with van der Waals surface area (Å²) in [5.74, 6) is 0.230. The molecule has 2 aromatic rings. The lowest BCUT2D eigenvalue weighted by molar-refractivity contribution is -0.121. The van der Waals surface area contributed by atoms with E-state index >= 15 is 0 Å². The van der Waals surface area contributed by atoms with Gasteiger partial charge in [0.2, 0.25) is 5.91 Å². The number of carbonyl (C=O) groups excluding carboxylic acids is 1. The van der Waals surface area contributed by atoms with Crippen LogP contribution < -0.4 is 5.32 Å². The first-order valence-electron chi connectivity index (χ1n) is 7.94. The van der Waals surface area contributed by atoms with Crippen LogP contribution in [-0.2, 0) is 11.2 Å². The van der Waals surface area contributed by atoms with Crippen LogP contribution in [0.4, 0.5) is 4.39 Å². The topological polar surface area (TPSA) is 46.9 Å². The quantitative estimate of drug-likeness (QED) is 0.833. The largest absolute Gasteiger partial charge is 0.356 e. The fourth-order valence-electron chi connectivity index (χ4n) is 2.74. The standard InChI is InChI=1S/C18H20FN3O/c19-15-5-7-17(8-6-15)22-12-10-16(21-22)9-11-20-18(23)13-14-3-1-2-4-14/h1,3,5-8,10,12,14H,2,4,9,11,13H2,(H,20,23)/t14-/m1/s1. The van der Waals surface area contributed by atoms with Gasteiger partial charge in [0.15, 0.2) is 0 Å². The number of hydrogen-bond donors (Lipinski definition) is 1. The van der Waals surface area contributed by atoms with E-state index in [0.717, 1.165) is 24.2 Å². The fourth-order valence-corrected chi connectivity index (χ4v) is 2.74. The highest BCUT2D eigenvalue weighted by Gasteiger charge is 2.13. The predicted molar refractivity (Wildman–Crippen MR) is 86.7 cm³/mol. The summed E-state index contributed by atoms with van der Waals surface area (Å²) in [6.45, 7) is 0.579. The first kappa shape index (κ1) is 15.5. The molecule has 1 aromatic heterocycles. The number of amides is 1. The zero-order chi connectivity index (χ0) is 16.1. The Kier molecular flexibility index (Phi) is 4.86. The molecule has 23 heavy (non-hydrogen) atoms. The highest BCUT2D eigenvalue weighted by molar-refractivity contribution is 5.76. The SMILES string of the molecule is O=C(C[C@@H]1C=CCC1)NCCc1ccn(-c2ccc(F)cc2)n1. The molecule has 1 aliphatic rings. The monoisotopic (exact) mass is 313 g/mol. The minimum atomic E-state index is -0.263. The van der Waals surface area contributed by atoms with Crippen LogP contribution in [0.3, 0.4) is 0 Å². The Hall–Kier alpha value is -2.43. The molecule has 0 aliphatic heterocycles. The van der Waals surface area contributed by atoms with E-state index in [4.69, 9.17) is 0 Å². The summed E-state index contributed by atoms with van der Waals surface area (Å²) in [4.78, 5) is 11.8. The average molecular weight is 313 g/mol. The molecular formula is C18H20FN3O. The lowest BCUT2D eigenvalue weighted by Gasteiger charge is -2.08. The Morgan fingerprint density at radius 3 is 2.87 bits per heavy atom. The first-order valence-corrected chi connectivity index (χ1v) is 7.94. The van der Waals surface area contributed by atoms with Gasteiger partial charge in [-0.05, 0) is 49.1 Å². The summed E-state index contributed by atoms with van der Waals surface area (Å²) in [6, 6.07) is 8.10. The van der Waals surface area contributed by atoms with Gasteiger partial charge in [0, 0.05) is 25.6 Å². The van der Waals surface area contributed by atoms with Crippen molar-refractivity contribution in [3.05, 3.63) is 60.2 Å². The summed E-state index contributed by atoms with van der Waals surface area (Å²) in [6.07, 6.45) is 9.52. The van der Waals surface area contributed by atoms with Gasteiger partial charge in [-0.3, -0.25) is 4.79 Å². The number of nitrogens with zero attached hydrogens (tertiary/aromatic N) is 2. The molecule has 1 aliphatic carbocycles. The molecule has 1 N–H and O–H groups in total. The number of carbonyl (C=O) groups is 1. The van der Waals surface area contributed by atoms with Crippen LogP contribution in [0.15, 0.2) is 48.7 Å². The summed E-state index contributed by atoms with van der Waals surface area (Å²) < 4.78 is 14.6. The predicted octanol–water partition coefficient (Wildman–Crippen LogP) is 3.03. The van der Waals surface area contributed by atoms with Crippen LogP contribution >= 0.6 is 0 Å². The van der Waals surface area contributed by atoms with Gasteiger partial charge in [0.1, 0.15) is 5.82 Å². The molecule has 0 bridgehead atoms. The molecule has 1 atom stereocenters. The maximum atomic E-state index is 12.9. The van der Waals surface area contributed by atoms with Gasteiger partial charge in [-0.1, -0.05) is 12.2 Å². The van der Waals surface area contributed by atoms with Gasteiger partial charge in [-0.15, -0.1) is 0 Å². The number of benzene rings is 1. The third-order valence-electron chi connectivity index (χ3n) is 4.00. The molecule has 1 heterocycles. The molecule has 0 fully saturated rings. The van der Waals surface area contributed by atoms with Crippen LogP contribution in [-0.4, -0.2) is 22.2 Å². The average Bonchev–Trinajstić information content (AvgIpc) is 3.20. The number of halogens is 1. The maximum Gasteiger partial charge on any atom is 0.220 e. The molecular weight excluding hydrogens is 293 g/mol. The molecule has 0 spiro atoms. The Balaban J connectivity index is 1.46. The molecule has 0 saturated heterocycles.